The monoisotopic (exact) mass is 191 g/mol. The number of aliphatic hydroxyl groups is 2. The van der Waals surface area contributed by atoms with Gasteiger partial charge in [-0.1, -0.05) is 6.92 Å². The summed E-state index contributed by atoms with van der Waals surface area (Å²) in [5, 5.41) is 17.4. The van der Waals surface area contributed by atoms with Crippen LogP contribution in [0.3, 0.4) is 0 Å². The quantitative estimate of drug-likeness (QED) is 0.463. The van der Waals surface area contributed by atoms with Crippen molar-refractivity contribution in [3.63, 3.8) is 0 Å². The number of ketones is 1. The van der Waals surface area contributed by atoms with Gasteiger partial charge in [-0.2, -0.15) is 0 Å². The Kier molecular flexibility index (Phi) is 6.70. The van der Waals surface area contributed by atoms with E-state index in [1.807, 2.05) is 0 Å². The molecule has 5 nitrogen and oxygen atoms in total. The lowest BCUT2D eigenvalue weighted by Crippen LogP contribution is -2.33. The molecule has 2 unspecified atom stereocenters. The van der Waals surface area contributed by atoms with Crippen LogP contribution in [-0.4, -0.2) is 48.0 Å². The molecule has 0 aliphatic carbocycles. The highest BCUT2D eigenvalue weighted by Crippen LogP contribution is 2.00. The van der Waals surface area contributed by atoms with Gasteiger partial charge in [-0.3, -0.25) is 4.79 Å². The van der Waals surface area contributed by atoms with Gasteiger partial charge >= 0.3 is 0 Å². The summed E-state index contributed by atoms with van der Waals surface area (Å²) in [5.41, 5.74) is 5.15. The Balaban J connectivity index is 3.78. The summed E-state index contributed by atoms with van der Waals surface area (Å²) in [6.45, 7) is 1.32. The summed E-state index contributed by atoms with van der Waals surface area (Å²) in [6, 6.07) is 0. The SMILES string of the molecule is CCC(OCC(O)CO)C(=O)CN. The van der Waals surface area contributed by atoms with Gasteiger partial charge in [-0.25, -0.2) is 0 Å². The van der Waals surface area contributed by atoms with Crippen LogP contribution in [0, 0.1) is 0 Å². The Morgan fingerprint density at radius 1 is 1.62 bits per heavy atom. The fourth-order valence-electron chi connectivity index (χ4n) is 0.850. The van der Waals surface area contributed by atoms with E-state index in [-0.39, 0.29) is 25.5 Å². The van der Waals surface area contributed by atoms with Gasteiger partial charge in [0, 0.05) is 0 Å². The number of hydrogen-bond acceptors (Lipinski definition) is 5. The maximum Gasteiger partial charge on any atom is 0.175 e. The third kappa shape index (κ3) is 4.94. The van der Waals surface area contributed by atoms with Crippen molar-refractivity contribution >= 4 is 5.78 Å². The smallest absolute Gasteiger partial charge is 0.175 e. The Morgan fingerprint density at radius 2 is 2.23 bits per heavy atom. The maximum atomic E-state index is 11.0. The largest absolute Gasteiger partial charge is 0.394 e. The van der Waals surface area contributed by atoms with Crippen LogP contribution >= 0.6 is 0 Å². The molecule has 0 bridgehead atoms. The minimum atomic E-state index is -0.931. The van der Waals surface area contributed by atoms with Gasteiger partial charge in [0.25, 0.3) is 0 Å². The zero-order chi connectivity index (χ0) is 10.3. The Bertz CT molecular complexity index is 151. The lowest BCUT2D eigenvalue weighted by atomic mass is 10.2. The summed E-state index contributed by atoms with van der Waals surface area (Å²) in [5.74, 6) is -0.187. The van der Waals surface area contributed by atoms with E-state index >= 15 is 0 Å². The standard InChI is InChI=1S/C8H17NO4/c1-2-8(7(12)3-9)13-5-6(11)4-10/h6,8,10-11H,2-5,9H2,1H3. The number of nitrogens with two attached hydrogens (primary N) is 1. The first-order valence-electron chi connectivity index (χ1n) is 4.29. The number of ether oxygens (including phenoxy) is 1. The Morgan fingerprint density at radius 3 is 2.62 bits per heavy atom. The van der Waals surface area contributed by atoms with E-state index in [1.165, 1.54) is 0 Å². The summed E-state index contributed by atoms with van der Waals surface area (Å²) in [4.78, 5) is 11.0. The van der Waals surface area contributed by atoms with E-state index in [1.54, 1.807) is 6.92 Å². The van der Waals surface area contributed by atoms with Crippen LogP contribution in [0.1, 0.15) is 13.3 Å². The van der Waals surface area contributed by atoms with Gasteiger partial charge in [0.1, 0.15) is 12.2 Å². The molecule has 0 aliphatic heterocycles. The highest BCUT2D eigenvalue weighted by Gasteiger charge is 2.16. The number of aliphatic hydroxyl groups excluding tert-OH is 2. The predicted molar refractivity (Wildman–Crippen MR) is 47.2 cm³/mol. The van der Waals surface area contributed by atoms with Gasteiger partial charge in [0.2, 0.25) is 0 Å². The lowest BCUT2D eigenvalue weighted by molar-refractivity contribution is -0.131. The maximum absolute atomic E-state index is 11.0. The molecule has 0 aliphatic rings. The molecule has 0 aromatic heterocycles. The van der Waals surface area contributed by atoms with Crippen molar-refractivity contribution in [2.24, 2.45) is 5.73 Å². The van der Waals surface area contributed by atoms with Crippen molar-refractivity contribution in [2.45, 2.75) is 25.6 Å². The first-order valence-corrected chi connectivity index (χ1v) is 4.29. The van der Waals surface area contributed by atoms with E-state index in [0.29, 0.717) is 6.42 Å². The van der Waals surface area contributed by atoms with E-state index in [4.69, 9.17) is 20.7 Å². The first-order chi connectivity index (χ1) is 6.15. The second kappa shape index (κ2) is 6.97. The summed E-state index contributed by atoms with van der Waals surface area (Å²) < 4.78 is 5.06. The zero-order valence-electron chi connectivity index (χ0n) is 7.77. The first kappa shape index (κ1) is 12.5. The topological polar surface area (TPSA) is 92.8 Å². The van der Waals surface area contributed by atoms with Gasteiger partial charge in [0.05, 0.1) is 19.8 Å². The van der Waals surface area contributed by atoms with Crippen LogP contribution in [0.2, 0.25) is 0 Å². The fraction of sp³-hybridized carbons (Fsp3) is 0.875. The zero-order valence-corrected chi connectivity index (χ0v) is 7.77. The molecule has 78 valence electrons. The van der Waals surface area contributed by atoms with Crippen LogP contribution in [0.15, 0.2) is 0 Å². The molecular formula is C8H17NO4. The Labute approximate surface area is 77.5 Å². The normalized spacial score (nSPS) is 15.4. The molecule has 0 aromatic carbocycles. The van der Waals surface area contributed by atoms with Crippen molar-refractivity contribution in [3.8, 4) is 0 Å². The highest BCUT2D eigenvalue weighted by molar-refractivity contribution is 5.84. The number of rotatable bonds is 7. The van der Waals surface area contributed by atoms with Crippen molar-refractivity contribution < 1.29 is 19.7 Å². The number of carbonyl (C=O) groups excluding carboxylic acids is 1. The van der Waals surface area contributed by atoms with Gasteiger partial charge in [0.15, 0.2) is 5.78 Å². The van der Waals surface area contributed by atoms with Gasteiger partial charge in [-0.15, -0.1) is 0 Å². The molecule has 4 N–H and O–H groups in total. The molecule has 0 aromatic rings. The van der Waals surface area contributed by atoms with Gasteiger partial charge < -0.3 is 20.7 Å². The third-order valence-electron chi connectivity index (χ3n) is 1.63. The molecule has 0 heterocycles. The van der Waals surface area contributed by atoms with E-state index in [9.17, 15) is 4.79 Å². The lowest BCUT2D eigenvalue weighted by Gasteiger charge is -2.15. The fourth-order valence-corrected chi connectivity index (χ4v) is 0.850. The van der Waals surface area contributed by atoms with Crippen LogP contribution in [-0.2, 0) is 9.53 Å². The van der Waals surface area contributed by atoms with E-state index in [2.05, 4.69) is 0 Å². The van der Waals surface area contributed by atoms with Crippen molar-refractivity contribution in [3.05, 3.63) is 0 Å². The van der Waals surface area contributed by atoms with Crippen molar-refractivity contribution in [2.75, 3.05) is 19.8 Å². The van der Waals surface area contributed by atoms with Crippen LogP contribution < -0.4 is 5.73 Å². The average molecular weight is 191 g/mol. The third-order valence-corrected chi connectivity index (χ3v) is 1.63. The second-order valence-electron chi connectivity index (χ2n) is 2.74. The molecule has 0 saturated heterocycles. The van der Waals surface area contributed by atoms with Crippen LogP contribution in [0.4, 0.5) is 0 Å². The molecular weight excluding hydrogens is 174 g/mol. The van der Waals surface area contributed by atoms with E-state index < -0.39 is 12.2 Å². The van der Waals surface area contributed by atoms with Crippen LogP contribution in [0.25, 0.3) is 0 Å². The molecule has 0 radical (unpaired) electrons. The number of Topliss-reactive ketones (excluding diaryl/α,β-unsaturated/α-hetero) is 1. The molecule has 0 rings (SSSR count). The summed E-state index contributed by atoms with van der Waals surface area (Å²) in [7, 11) is 0. The summed E-state index contributed by atoms with van der Waals surface area (Å²) >= 11 is 0. The van der Waals surface area contributed by atoms with Crippen molar-refractivity contribution in [1.82, 2.24) is 0 Å². The molecule has 0 saturated carbocycles. The highest BCUT2D eigenvalue weighted by atomic mass is 16.5. The number of carbonyl (C=O) groups is 1. The molecule has 2 atom stereocenters. The van der Waals surface area contributed by atoms with Crippen molar-refractivity contribution in [1.29, 1.82) is 0 Å². The Hall–Kier alpha value is -0.490. The second-order valence-corrected chi connectivity index (χ2v) is 2.74. The molecule has 0 spiro atoms. The molecule has 0 amide bonds. The minimum Gasteiger partial charge on any atom is -0.394 e. The molecule has 13 heavy (non-hydrogen) atoms. The van der Waals surface area contributed by atoms with E-state index in [0.717, 1.165) is 0 Å². The molecule has 5 heteroatoms. The molecule has 0 fully saturated rings. The van der Waals surface area contributed by atoms with Gasteiger partial charge in [-0.05, 0) is 6.42 Å². The van der Waals surface area contributed by atoms with Crippen LogP contribution in [0.5, 0.6) is 0 Å². The number of hydrogen-bond donors (Lipinski definition) is 3. The average Bonchev–Trinajstić information content (AvgIpc) is 2.17. The predicted octanol–water partition coefficient (Wildman–Crippen LogP) is -1.34. The summed E-state index contributed by atoms with van der Waals surface area (Å²) in [6.07, 6.45) is -0.973. The minimum absolute atomic E-state index is 0.0409.